The zero-order chi connectivity index (χ0) is 26.1. The van der Waals surface area contributed by atoms with Gasteiger partial charge < -0.3 is 29.4 Å². The topological polar surface area (TPSA) is 193 Å². The molecule has 3 heterocycles. The van der Waals surface area contributed by atoms with E-state index in [9.17, 15) is 15.2 Å². The molecule has 3 N–H and O–H groups in total. The first-order valence-electron chi connectivity index (χ1n) is 11.0. The Morgan fingerprint density at radius 3 is 2.78 bits per heavy atom. The number of hydrogen-bond acceptors (Lipinski definition) is 11. The number of benzene rings is 1. The van der Waals surface area contributed by atoms with Crippen LogP contribution in [-0.2, 0) is 18.3 Å². The molecule has 36 heavy (non-hydrogen) atoms. The second-order valence-corrected chi connectivity index (χ2v) is 10.5. The van der Waals surface area contributed by atoms with Gasteiger partial charge in [-0.2, -0.15) is 9.97 Å². The molecule has 0 bridgehead atoms. The highest BCUT2D eigenvalue weighted by molar-refractivity contribution is 7.52. The van der Waals surface area contributed by atoms with Gasteiger partial charge in [0.15, 0.2) is 17.4 Å². The molecule has 14 nitrogen and oxygen atoms in total. The molecule has 15 heteroatoms. The second kappa shape index (κ2) is 10.0. The molecule has 0 saturated carbocycles. The molecule has 2 aromatic heterocycles. The fourth-order valence-corrected chi connectivity index (χ4v) is 5.29. The minimum absolute atomic E-state index is 0.0679. The molecule has 4 rings (SSSR count). The summed E-state index contributed by atoms with van der Waals surface area (Å²) in [5, 5.41) is 14.9. The van der Waals surface area contributed by atoms with Crippen LogP contribution in [0.25, 0.3) is 21.6 Å². The third-order valence-electron chi connectivity index (χ3n) is 5.96. The van der Waals surface area contributed by atoms with Gasteiger partial charge in [-0.15, -0.1) is 0 Å². The number of rotatable bonds is 9. The highest BCUT2D eigenvalue weighted by atomic mass is 31.2. The first kappa shape index (κ1) is 25.8. The van der Waals surface area contributed by atoms with E-state index in [1.54, 1.807) is 6.92 Å². The Morgan fingerprint density at radius 2 is 2.11 bits per heavy atom. The Bertz CT molecular complexity index is 1330. The average molecular weight is 518 g/mol. The summed E-state index contributed by atoms with van der Waals surface area (Å²) < 4.78 is 37.0. The van der Waals surface area contributed by atoms with Crippen LogP contribution in [0.2, 0.25) is 0 Å². The van der Waals surface area contributed by atoms with E-state index in [-0.39, 0.29) is 24.1 Å². The smallest absolute Gasteiger partial charge is 0.328 e. The summed E-state index contributed by atoms with van der Waals surface area (Å²) in [6.45, 7) is 4.33. The number of nitrogens with two attached hydrogens (primary N) is 1. The van der Waals surface area contributed by atoms with Gasteiger partial charge in [0.1, 0.15) is 11.6 Å². The number of aliphatic hydroxyl groups is 1. The summed E-state index contributed by atoms with van der Waals surface area (Å²) in [5.74, 6) is 0.0818. The molecule has 192 valence electrons. The van der Waals surface area contributed by atoms with Gasteiger partial charge in [0, 0.05) is 11.6 Å². The van der Waals surface area contributed by atoms with Gasteiger partial charge in [0.2, 0.25) is 11.8 Å². The molecule has 3 aromatic rings. The van der Waals surface area contributed by atoms with E-state index in [1.165, 1.54) is 31.6 Å². The van der Waals surface area contributed by atoms with Crippen LogP contribution in [0, 0.1) is 0 Å². The van der Waals surface area contributed by atoms with Gasteiger partial charge in [-0.3, -0.25) is 9.13 Å². The van der Waals surface area contributed by atoms with Crippen LogP contribution in [0.3, 0.4) is 0 Å². The molecule has 0 aliphatic carbocycles. The summed E-state index contributed by atoms with van der Waals surface area (Å²) in [7, 11) is -2.14. The molecule has 1 aromatic carbocycles. The monoisotopic (exact) mass is 518 g/mol. The molecule has 0 amide bonds. The summed E-state index contributed by atoms with van der Waals surface area (Å²) in [5.41, 5.74) is 14.9. The van der Waals surface area contributed by atoms with Gasteiger partial charge in [-0.25, -0.2) is 4.98 Å². The van der Waals surface area contributed by atoms with E-state index in [2.05, 4.69) is 25.0 Å². The van der Waals surface area contributed by atoms with Crippen molar-refractivity contribution in [3.05, 3.63) is 52.7 Å². The number of azide groups is 1. The summed E-state index contributed by atoms with van der Waals surface area (Å²) >= 11 is 0. The molecule has 1 aliphatic heterocycles. The number of aromatic nitrogens is 4. The highest BCUT2D eigenvalue weighted by Crippen LogP contribution is 2.50. The van der Waals surface area contributed by atoms with E-state index in [1.807, 2.05) is 30.3 Å². The number of hydrogen-bond donors (Lipinski definition) is 2. The lowest BCUT2D eigenvalue weighted by molar-refractivity contribution is -0.0435. The van der Waals surface area contributed by atoms with E-state index < -0.39 is 37.7 Å². The van der Waals surface area contributed by atoms with Crippen molar-refractivity contribution in [2.75, 3.05) is 26.1 Å². The lowest BCUT2D eigenvalue weighted by Gasteiger charge is -2.28. The molecular formula is C21H27N8O6P. The molecule has 6 atom stereocenters. The van der Waals surface area contributed by atoms with Crippen molar-refractivity contribution >= 4 is 24.7 Å². The Balaban J connectivity index is 1.57. The standard InChI is InChI=1S/C21H27N8O6P/c1-12(13-8-6-5-7-9-13)35-36(4,31)33-10-14-16(30)21(2,27-28-23)19(34-14)29-11-24-15-17(29)25-20(22)26-18(15)32-3/h5-9,11-12,14,16,19,30H,10H2,1-4H3,(H2,22,25,26)/t12-,14+,16+,19+,21?,36?/m0/s1. The fraction of sp³-hybridized carbons (Fsp3) is 0.476. The summed E-state index contributed by atoms with van der Waals surface area (Å²) in [6, 6.07) is 9.28. The summed E-state index contributed by atoms with van der Waals surface area (Å²) in [4.78, 5) is 15.4. The van der Waals surface area contributed by atoms with Crippen LogP contribution in [0.1, 0.15) is 31.7 Å². The van der Waals surface area contributed by atoms with Crippen LogP contribution in [0.15, 0.2) is 41.8 Å². The number of methoxy groups -OCH3 is 1. The number of fused-ring (bicyclic) bond motifs is 1. The molecule has 1 aliphatic rings. The first-order chi connectivity index (χ1) is 17.1. The number of anilines is 1. The van der Waals surface area contributed by atoms with Crippen molar-refractivity contribution in [3.63, 3.8) is 0 Å². The first-order valence-corrected chi connectivity index (χ1v) is 13.0. The van der Waals surface area contributed by atoms with Crippen molar-refractivity contribution < 1.29 is 28.2 Å². The van der Waals surface area contributed by atoms with Crippen molar-refractivity contribution in [3.8, 4) is 5.88 Å². The largest absolute Gasteiger partial charge is 0.479 e. The minimum Gasteiger partial charge on any atom is -0.479 e. The SMILES string of the molecule is COc1nc(N)nc2c1ncn2[C@@H]1O[C@H](COP(C)(=O)O[C@@H](C)c2ccccc2)[C@@H](O)C1(C)N=[N+]=[N-]. The lowest BCUT2D eigenvalue weighted by Crippen LogP contribution is -2.42. The van der Waals surface area contributed by atoms with Gasteiger partial charge >= 0.3 is 7.60 Å². The molecule has 0 radical (unpaired) electrons. The van der Waals surface area contributed by atoms with Crippen molar-refractivity contribution in [1.82, 2.24) is 19.5 Å². The number of imidazole rings is 1. The van der Waals surface area contributed by atoms with E-state index in [0.29, 0.717) is 5.52 Å². The van der Waals surface area contributed by atoms with Crippen molar-refractivity contribution in [2.45, 2.75) is 43.9 Å². The van der Waals surface area contributed by atoms with Crippen molar-refractivity contribution in [1.29, 1.82) is 0 Å². The van der Waals surface area contributed by atoms with E-state index in [4.69, 9.17) is 24.3 Å². The van der Waals surface area contributed by atoms with Gasteiger partial charge in [0.05, 0.1) is 32.3 Å². The number of ether oxygens (including phenoxy) is 2. The van der Waals surface area contributed by atoms with Crippen molar-refractivity contribution in [2.24, 2.45) is 5.11 Å². The molecule has 1 saturated heterocycles. The third kappa shape index (κ3) is 4.87. The Labute approximate surface area is 206 Å². The molecule has 1 fully saturated rings. The quantitative estimate of drug-likeness (QED) is 0.184. The zero-order valence-corrected chi connectivity index (χ0v) is 21.0. The van der Waals surface area contributed by atoms with Gasteiger partial charge in [0.25, 0.3) is 0 Å². The van der Waals surface area contributed by atoms with Gasteiger partial charge in [-0.1, -0.05) is 35.4 Å². The highest BCUT2D eigenvalue weighted by Gasteiger charge is 2.54. The minimum atomic E-state index is -3.55. The maximum absolute atomic E-state index is 13.0. The maximum Gasteiger partial charge on any atom is 0.328 e. The molecule has 2 unspecified atom stereocenters. The lowest BCUT2D eigenvalue weighted by atomic mass is 9.93. The Kier molecular flexibility index (Phi) is 7.19. The van der Waals surface area contributed by atoms with Crippen LogP contribution in [0.4, 0.5) is 5.95 Å². The number of nitrogens with zero attached hydrogens (tertiary/aromatic N) is 7. The van der Waals surface area contributed by atoms with E-state index >= 15 is 0 Å². The number of nitrogen functional groups attached to an aromatic ring is 1. The normalized spacial score (nSPS) is 26.3. The van der Waals surface area contributed by atoms with Crippen LogP contribution in [0.5, 0.6) is 5.88 Å². The fourth-order valence-electron chi connectivity index (χ4n) is 4.11. The van der Waals surface area contributed by atoms with Crippen LogP contribution in [-0.4, -0.2) is 62.8 Å². The predicted octanol–water partition coefficient (Wildman–Crippen LogP) is 3.36. The van der Waals surface area contributed by atoms with E-state index in [0.717, 1.165) is 5.56 Å². The average Bonchev–Trinajstić information content (AvgIpc) is 3.36. The van der Waals surface area contributed by atoms with Gasteiger partial charge in [-0.05, 0) is 24.9 Å². The molecule has 0 spiro atoms. The molecular weight excluding hydrogens is 491 g/mol. The third-order valence-corrected chi connectivity index (χ3v) is 7.28. The second-order valence-electron chi connectivity index (χ2n) is 8.53. The summed E-state index contributed by atoms with van der Waals surface area (Å²) in [6.07, 6.45) is -2.50. The Morgan fingerprint density at radius 1 is 1.39 bits per heavy atom. The Hall–Kier alpha value is -3.25. The predicted molar refractivity (Wildman–Crippen MR) is 129 cm³/mol. The maximum atomic E-state index is 13.0. The van der Waals surface area contributed by atoms with Crippen LogP contribution < -0.4 is 10.5 Å². The zero-order valence-electron chi connectivity index (χ0n) is 20.1. The van der Waals surface area contributed by atoms with Crippen LogP contribution >= 0.6 is 7.60 Å². The number of aliphatic hydroxyl groups excluding tert-OH is 1.